The van der Waals surface area contributed by atoms with E-state index in [9.17, 15) is 18.0 Å². The van der Waals surface area contributed by atoms with Crippen LogP contribution in [0.15, 0.2) is 16.6 Å². The van der Waals surface area contributed by atoms with Crippen LogP contribution in [-0.4, -0.2) is 11.4 Å². The van der Waals surface area contributed by atoms with Crippen molar-refractivity contribution in [2.24, 2.45) is 0 Å². The fourth-order valence-electron chi connectivity index (χ4n) is 0.914. The van der Waals surface area contributed by atoms with Crippen LogP contribution in [0.25, 0.3) is 0 Å². The molecule has 0 fully saturated rings. The van der Waals surface area contributed by atoms with Crippen LogP contribution < -0.4 is 0 Å². The minimum atomic E-state index is -4.55. The molecule has 0 saturated carbocycles. The van der Waals surface area contributed by atoms with Crippen LogP contribution in [0, 0.1) is 0 Å². The number of alkyl halides is 3. The summed E-state index contributed by atoms with van der Waals surface area (Å²) in [5.41, 5.74) is -1.39. The number of halogens is 4. The summed E-state index contributed by atoms with van der Waals surface area (Å²) in [5.74, 6) is -0.486. The van der Waals surface area contributed by atoms with Crippen LogP contribution in [0.3, 0.4) is 0 Å². The van der Waals surface area contributed by atoms with Crippen molar-refractivity contribution in [3.05, 3.63) is 27.7 Å². The number of carbonyl (C=O) groups is 1. The van der Waals surface area contributed by atoms with E-state index in [1.165, 1.54) is 0 Å². The first-order valence-electron chi connectivity index (χ1n) is 3.41. The Bertz CT molecular complexity index is 374. The molecule has 1 aromatic rings. The molecule has 14 heavy (non-hydrogen) atoms. The van der Waals surface area contributed by atoms with E-state index in [1.54, 1.807) is 0 Å². The summed E-state index contributed by atoms with van der Waals surface area (Å²) in [7, 11) is 0. The standard InChI is InChI=1S/C8H4BrF3O2/c9-7-4(3-13)6(14)2-1-5(7)8(10,11)12/h1-3,14H. The number of hydrogen-bond donors (Lipinski definition) is 1. The Kier molecular flexibility index (Phi) is 2.84. The lowest BCUT2D eigenvalue weighted by molar-refractivity contribution is -0.138. The van der Waals surface area contributed by atoms with Gasteiger partial charge < -0.3 is 5.11 Å². The Balaban J connectivity index is 3.43. The minimum Gasteiger partial charge on any atom is -0.507 e. The molecule has 1 rings (SSSR count). The first-order chi connectivity index (χ1) is 6.38. The Morgan fingerprint density at radius 2 is 1.93 bits per heavy atom. The zero-order valence-electron chi connectivity index (χ0n) is 6.60. The van der Waals surface area contributed by atoms with E-state index in [1.807, 2.05) is 0 Å². The average Bonchev–Trinajstić information content (AvgIpc) is 2.02. The van der Waals surface area contributed by atoms with E-state index < -0.39 is 27.5 Å². The van der Waals surface area contributed by atoms with Crippen molar-refractivity contribution in [2.75, 3.05) is 0 Å². The van der Waals surface area contributed by atoms with E-state index >= 15 is 0 Å². The third-order valence-electron chi connectivity index (χ3n) is 1.58. The third kappa shape index (κ3) is 1.89. The maximum Gasteiger partial charge on any atom is 0.417 e. The molecule has 0 aliphatic rings. The number of rotatable bonds is 1. The average molecular weight is 269 g/mol. The van der Waals surface area contributed by atoms with Crippen LogP contribution in [0.4, 0.5) is 13.2 Å². The predicted molar refractivity (Wildman–Crippen MR) is 46.2 cm³/mol. The quantitative estimate of drug-likeness (QED) is 0.796. The van der Waals surface area contributed by atoms with Crippen molar-refractivity contribution in [2.45, 2.75) is 6.18 Å². The lowest BCUT2D eigenvalue weighted by atomic mass is 10.1. The molecule has 6 heteroatoms. The molecular formula is C8H4BrF3O2. The van der Waals surface area contributed by atoms with Gasteiger partial charge in [0.05, 0.1) is 11.1 Å². The first kappa shape index (κ1) is 11.0. The summed E-state index contributed by atoms with van der Waals surface area (Å²) in [6, 6.07) is 1.53. The van der Waals surface area contributed by atoms with Crippen molar-refractivity contribution >= 4 is 22.2 Å². The minimum absolute atomic E-state index is 0.161. The number of carbonyl (C=O) groups excluding carboxylic acids is 1. The van der Waals surface area contributed by atoms with E-state index in [4.69, 9.17) is 5.11 Å². The summed E-state index contributed by atoms with van der Waals surface area (Å²) in [6.07, 6.45) is -4.39. The molecule has 0 atom stereocenters. The summed E-state index contributed by atoms with van der Waals surface area (Å²) in [6.45, 7) is 0. The van der Waals surface area contributed by atoms with Gasteiger partial charge in [-0.1, -0.05) is 0 Å². The molecule has 0 saturated heterocycles. The number of benzene rings is 1. The number of aromatic hydroxyl groups is 1. The topological polar surface area (TPSA) is 37.3 Å². The van der Waals surface area contributed by atoms with Gasteiger partial charge in [0.2, 0.25) is 0 Å². The largest absolute Gasteiger partial charge is 0.507 e. The van der Waals surface area contributed by atoms with Crippen LogP contribution in [0.1, 0.15) is 15.9 Å². The molecule has 0 radical (unpaired) electrons. The molecule has 0 bridgehead atoms. The van der Waals surface area contributed by atoms with Gasteiger partial charge in [-0.25, -0.2) is 0 Å². The number of phenols is 1. The second-order valence-electron chi connectivity index (χ2n) is 2.48. The van der Waals surface area contributed by atoms with E-state index in [2.05, 4.69) is 15.9 Å². The second kappa shape index (κ2) is 3.61. The van der Waals surface area contributed by atoms with Crippen LogP contribution in [-0.2, 0) is 6.18 Å². The molecule has 0 unspecified atom stereocenters. The predicted octanol–water partition coefficient (Wildman–Crippen LogP) is 2.99. The SMILES string of the molecule is O=Cc1c(O)ccc(C(F)(F)F)c1Br. The van der Waals surface area contributed by atoms with Crippen LogP contribution in [0.2, 0.25) is 0 Å². The maximum atomic E-state index is 12.3. The van der Waals surface area contributed by atoms with Crippen molar-refractivity contribution < 1.29 is 23.1 Å². The molecule has 0 heterocycles. The highest BCUT2D eigenvalue weighted by molar-refractivity contribution is 9.10. The first-order valence-corrected chi connectivity index (χ1v) is 4.21. The highest BCUT2D eigenvalue weighted by atomic mass is 79.9. The molecule has 2 nitrogen and oxygen atoms in total. The molecule has 1 N–H and O–H groups in total. The van der Waals surface area contributed by atoms with Gasteiger partial charge in [-0.2, -0.15) is 13.2 Å². The van der Waals surface area contributed by atoms with Crippen LogP contribution in [0.5, 0.6) is 5.75 Å². The second-order valence-corrected chi connectivity index (χ2v) is 3.27. The zero-order chi connectivity index (χ0) is 10.9. The molecule has 0 aliphatic carbocycles. The van der Waals surface area contributed by atoms with Crippen molar-refractivity contribution in [1.29, 1.82) is 0 Å². The van der Waals surface area contributed by atoms with Crippen LogP contribution >= 0.6 is 15.9 Å². The maximum absolute atomic E-state index is 12.3. The Morgan fingerprint density at radius 3 is 2.36 bits per heavy atom. The molecular weight excluding hydrogens is 265 g/mol. The molecule has 1 aromatic carbocycles. The Labute approximate surface area is 85.5 Å². The van der Waals surface area contributed by atoms with Gasteiger partial charge in [0.25, 0.3) is 0 Å². The number of aldehydes is 1. The summed E-state index contributed by atoms with van der Waals surface area (Å²) < 4.78 is 36.4. The van der Waals surface area contributed by atoms with Gasteiger partial charge in [-0.05, 0) is 28.1 Å². The number of hydrogen-bond acceptors (Lipinski definition) is 2. The summed E-state index contributed by atoms with van der Waals surface area (Å²) in [4.78, 5) is 10.4. The highest BCUT2D eigenvalue weighted by Gasteiger charge is 2.34. The van der Waals surface area contributed by atoms with Crippen molar-refractivity contribution in [3.8, 4) is 5.75 Å². The fraction of sp³-hybridized carbons (Fsp3) is 0.125. The van der Waals surface area contributed by atoms with Crippen molar-refractivity contribution in [1.82, 2.24) is 0 Å². The van der Waals surface area contributed by atoms with Gasteiger partial charge in [-0.3, -0.25) is 4.79 Å². The normalized spacial score (nSPS) is 11.4. The highest BCUT2D eigenvalue weighted by Crippen LogP contribution is 2.38. The van der Waals surface area contributed by atoms with E-state index in [0.717, 1.165) is 6.07 Å². The smallest absolute Gasteiger partial charge is 0.417 e. The van der Waals surface area contributed by atoms with Gasteiger partial charge in [0.15, 0.2) is 6.29 Å². The molecule has 0 spiro atoms. The monoisotopic (exact) mass is 268 g/mol. The molecule has 0 aliphatic heterocycles. The summed E-state index contributed by atoms with van der Waals surface area (Å²) in [5, 5.41) is 9.05. The van der Waals surface area contributed by atoms with Gasteiger partial charge in [-0.15, -0.1) is 0 Å². The van der Waals surface area contributed by atoms with Gasteiger partial charge >= 0.3 is 6.18 Å². The van der Waals surface area contributed by atoms with Crippen molar-refractivity contribution in [3.63, 3.8) is 0 Å². The molecule has 0 amide bonds. The lowest BCUT2D eigenvalue weighted by Crippen LogP contribution is -2.07. The summed E-state index contributed by atoms with van der Waals surface area (Å²) >= 11 is 2.62. The third-order valence-corrected chi connectivity index (χ3v) is 2.43. The van der Waals surface area contributed by atoms with Gasteiger partial charge in [0, 0.05) is 4.47 Å². The lowest BCUT2D eigenvalue weighted by Gasteiger charge is -2.10. The van der Waals surface area contributed by atoms with Gasteiger partial charge in [0.1, 0.15) is 5.75 Å². The zero-order valence-corrected chi connectivity index (χ0v) is 8.19. The van der Waals surface area contributed by atoms with E-state index in [0.29, 0.717) is 6.07 Å². The Morgan fingerprint density at radius 1 is 1.36 bits per heavy atom. The van der Waals surface area contributed by atoms with E-state index in [-0.39, 0.29) is 6.29 Å². The molecule has 0 aromatic heterocycles. The fourth-order valence-corrected chi connectivity index (χ4v) is 1.57. The number of phenolic OH excluding ortho intramolecular Hbond substituents is 1. The molecule has 76 valence electrons. The Hall–Kier alpha value is -1.04.